The molecule has 0 spiro atoms. The molecule has 2 rings (SSSR count). The third-order valence-electron chi connectivity index (χ3n) is 1.98. The van der Waals surface area contributed by atoms with Gasteiger partial charge in [0.25, 0.3) is 5.91 Å². The van der Waals surface area contributed by atoms with Gasteiger partial charge in [-0.05, 0) is 29.6 Å². The van der Waals surface area contributed by atoms with Crippen molar-refractivity contribution < 1.29 is 14.3 Å². The van der Waals surface area contributed by atoms with E-state index in [4.69, 9.17) is 0 Å². The molecular weight excluding hydrogens is 229 g/mol. The molecule has 0 fully saturated rings. The van der Waals surface area contributed by atoms with E-state index in [2.05, 4.69) is 5.32 Å². The van der Waals surface area contributed by atoms with Crippen LogP contribution in [-0.2, 0) is 0 Å². The molecule has 82 valence electrons. The van der Waals surface area contributed by atoms with Crippen LogP contribution in [0, 0.1) is 5.82 Å². The molecular formula is C11H8FNO2S. The van der Waals surface area contributed by atoms with Gasteiger partial charge < -0.3 is 10.4 Å². The number of nitrogens with one attached hydrogen (secondary N) is 1. The van der Waals surface area contributed by atoms with Gasteiger partial charge in [0.1, 0.15) is 11.6 Å². The van der Waals surface area contributed by atoms with Gasteiger partial charge in [0.15, 0.2) is 0 Å². The van der Waals surface area contributed by atoms with Crippen LogP contribution in [0.25, 0.3) is 0 Å². The fraction of sp³-hybridized carbons (Fsp3) is 0. The van der Waals surface area contributed by atoms with Gasteiger partial charge in [0.2, 0.25) is 0 Å². The van der Waals surface area contributed by atoms with Crippen LogP contribution in [0.15, 0.2) is 35.0 Å². The highest BCUT2D eigenvalue weighted by atomic mass is 32.1. The van der Waals surface area contributed by atoms with Crippen LogP contribution in [0.1, 0.15) is 10.4 Å². The van der Waals surface area contributed by atoms with Crippen molar-refractivity contribution >= 4 is 22.9 Å². The van der Waals surface area contributed by atoms with Crippen LogP contribution in [0.5, 0.6) is 5.75 Å². The average molecular weight is 237 g/mol. The van der Waals surface area contributed by atoms with Gasteiger partial charge in [0, 0.05) is 5.38 Å². The van der Waals surface area contributed by atoms with E-state index in [0.29, 0.717) is 5.69 Å². The zero-order chi connectivity index (χ0) is 11.5. The maximum Gasteiger partial charge on any atom is 0.259 e. The fourth-order valence-electron chi connectivity index (χ4n) is 1.22. The van der Waals surface area contributed by atoms with Crippen LogP contribution >= 0.6 is 11.3 Å². The number of hydrogen-bond donors (Lipinski definition) is 2. The van der Waals surface area contributed by atoms with Crippen molar-refractivity contribution in [1.82, 2.24) is 0 Å². The van der Waals surface area contributed by atoms with Crippen LogP contribution < -0.4 is 5.32 Å². The predicted octanol–water partition coefficient (Wildman–Crippen LogP) is 2.85. The maximum absolute atomic E-state index is 12.9. The van der Waals surface area contributed by atoms with Crippen LogP contribution in [0.4, 0.5) is 10.1 Å². The summed E-state index contributed by atoms with van der Waals surface area (Å²) in [6.07, 6.45) is 0. The van der Waals surface area contributed by atoms with Crippen molar-refractivity contribution in [2.75, 3.05) is 5.32 Å². The number of carbonyl (C=O) groups is 1. The zero-order valence-electron chi connectivity index (χ0n) is 8.11. The van der Waals surface area contributed by atoms with Gasteiger partial charge in [-0.25, -0.2) is 4.39 Å². The fourth-order valence-corrected chi connectivity index (χ4v) is 1.81. The molecule has 3 nitrogen and oxygen atoms in total. The molecule has 0 saturated carbocycles. The first kappa shape index (κ1) is 10.6. The predicted molar refractivity (Wildman–Crippen MR) is 60.3 cm³/mol. The smallest absolute Gasteiger partial charge is 0.259 e. The minimum atomic E-state index is -0.562. The Morgan fingerprint density at radius 3 is 2.88 bits per heavy atom. The molecule has 16 heavy (non-hydrogen) atoms. The van der Waals surface area contributed by atoms with E-state index < -0.39 is 11.7 Å². The number of phenols is 1. The molecule has 0 aliphatic heterocycles. The summed E-state index contributed by atoms with van der Waals surface area (Å²) >= 11 is 1.43. The Morgan fingerprint density at radius 2 is 2.19 bits per heavy atom. The van der Waals surface area contributed by atoms with E-state index in [9.17, 15) is 14.3 Å². The first-order valence-electron chi connectivity index (χ1n) is 4.49. The Kier molecular flexibility index (Phi) is 2.87. The van der Waals surface area contributed by atoms with E-state index in [1.165, 1.54) is 11.3 Å². The Balaban J connectivity index is 2.24. The maximum atomic E-state index is 12.9. The van der Waals surface area contributed by atoms with Crippen LogP contribution in [0.2, 0.25) is 0 Å². The van der Waals surface area contributed by atoms with Crippen molar-refractivity contribution in [3.63, 3.8) is 0 Å². The van der Waals surface area contributed by atoms with E-state index in [0.717, 1.165) is 18.2 Å². The van der Waals surface area contributed by atoms with E-state index in [1.54, 1.807) is 16.8 Å². The lowest BCUT2D eigenvalue weighted by Crippen LogP contribution is -2.11. The number of rotatable bonds is 2. The summed E-state index contributed by atoms with van der Waals surface area (Å²) in [5, 5.41) is 15.5. The number of benzene rings is 1. The number of aromatic hydroxyl groups is 1. The molecule has 0 aliphatic carbocycles. The highest BCUT2D eigenvalue weighted by Crippen LogP contribution is 2.20. The topological polar surface area (TPSA) is 49.3 Å². The zero-order valence-corrected chi connectivity index (χ0v) is 8.92. The van der Waals surface area contributed by atoms with Crippen molar-refractivity contribution in [2.24, 2.45) is 0 Å². The Hall–Kier alpha value is -1.88. The van der Waals surface area contributed by atoms with Crippen molar-refractivity contribution in [2.45, 2.75) is 0 Å². The lowest BCUT2D eigenvalue weighted by molar-refractivity contribution is 0.102. The van der Waals surface area contributed by atoms with Gasteiger partial charge in [-0.2, -0.15) is 11.3 Å². The average Bonchev–Trinajstić information content (AvgIpc) is 2.74. The van der Waals surface area contributed by atoms with E-state index in [-0.39, 0.29) is 11.3 Å². The summed E-state index contributed by atoms with van der Waals surface area (Å²) in [6, 6.07) is 4.96. The van der Waals surface area contributed by atoms with Gasteiger partial charge in [-0.15, -0.1) is 0 Å². The number of hydrogen-bond acceptors (Lipinski definition) is 3. The molecule has 1 aromatic carbocycles. The van der Waals surface area contributed by atoms with E-state index >= 15 is 0 Å². The number of amides is 1. The molecule has 1 amide bonds. The molecule has 0 bridgehead atoms. The molecule has 1 aromatic heterocycles. The summed E-state index contributed by atoms with van der Waals surface area (Å²) in [7, 11) is 0. The van der Waals surface area contributed by atoms with Gasteiger partial charge >= 0.3 is 0 Å². The van der Waals surface area contributed by atoms with Gasteiger partial charge in [-0.3, -0.25) is 4.79 Å². The van der Waals surface area contributed by atoms with Crippen molar-refractivity contribution in [1.29, 1.82) is 0 Å². The van der Waals surface area contributed by atoms with Gasteiger partial charge in [-0.1, -0.05) is 0 Å². The molecule has 5 heteroatoms. The number of carbonyl (C=O) groups excluding carboxylic acids is 1. The molecule has 1 heterocycles. The SMILES string of the molecule is O=C(Nc1ccsc1)c1cc(F)ccc1O. The van der Waals surface area contributed by atoms with Crippen LogP contribution in [0.3, 0.4) is 0 Å². The largest absolute Gasteiger partial charge is 0.507 e. The normalized spacial score (nSPS) is 10.1. The Morgan fingerprint density at radius 1 is 1.38 bits per heavy atom. The molecule has 2 aromatic rings. The van der Waals surface area contributed by atoms with E-state index in [1.807, 2.05) is 0 Å². The molecule has 0 aliphatic rings. The first-order valence-corrected chi connectivity index (χ1v) is 5.43. The lowest BCUT2D eigenvalue weighted by Gasteiger charge is -2.04. The summed E-state index contributed by atoms with van der Waals surface area (Å²) in [5.74, 6) is -1.34. The van der Waals surface area contributed by atoms with Crippen LogP contribution in [-0.4, -0.2) is 11.0 Å². The summed E-state index contributed by atoms with van der Waals surface area (Å²) in [6.45, 7) is 0. The summed E-state index contributed by atoms with van der Waals surface area (Å²) in [5.41, 5.74) is 0.546. The summed E-state index contributed by atoms with van der Waals surface area (Å²) < 4.78 is 12.9. The Labute approximate surface area is 95.2 Å². The number of anilines is 1. The highest BCUT2D eigenvalue weighted by molar-refractivity contribution is 7.08. The molecule has 0 radical (unpaired) electrons. The monoisotopic (exact) mass is 237 g/mol. The minimum absolute atomic E-state index is 0.0776. The lowest BCUT2D eigenvalue weighted by atomic mass is 10.2. The second-order valence-corrected chi connectivity index (χ2v) is 3.91. The third-order valence-corrected chi connectivity index (χ3v) is 2.67. The summed E-state index contributed by atoms with van der Waals surface area (Å²) in [4.78, 5) is 11.7. The Bertz CT molecular complexity index is 511. The molecule has 2 N–H and O–H groups in total. The number of halogens is 1. The van der Waals surface area contributed by atoms with Crippen molar-refractivity contribution in [3.8, 4) is 5.75 Å². The van der Waals surface area contributed by atoms with Gasteiger partial charge in [0.05, 0.1) is 11.3 Å². The third kappa shape index (κ3) is 2.20. The highest BCUT2D eigenvalue weighted by Gasteiger charge is 2.12. The molecule has 0 atom stereocenters. The second kappa shape index (κ2) is 4.32. The molecule has 0 unspecified atom stereocenters. The molecule has 0 saturated heterocycles. The first-order chi connectivity index (χ1) is 7.66. The standard InChI is InChI=1S/C11H8FNO2S/c12-7-1-2-10(14)9(5-7)11(15)13-8-3-4-16-6-8/h1-6,14H,(H,13,15). The quantitative estimate of drug-likeness (QED) is 0.843. The number of phenolic OH excluding ortho intramolecular Hbond substituents is 1. The number of thiophene rings is 1. The second-order valence-electron chi connectivity index (χ2n) is 3.13. The van der Waals surface area contributed by atoms with Crippen molar-refractivity contribution in [3.05, 3.63) is 46.4 Å². The minimum Gasteiger partial charge on any atom is -0.507 e.